The van der Waals surface area contributed by atoms with Gasteiger partial charge < -0.3 is 4.55 Å². The summed E-state index contributed by atoms with van der Waals surface area (Å²) in [5, 5.41) is 1.64. The number of benzene rings is 2. The van der Waals surface area contributed by atoms with Crippen LogP contribution in [0.15, 0.2) is 48.5 Å². The van der Waals surface area contributed by atoms with E-state index < -0.39 is 15.6 Å². The summed E-state index contributed by atoms with van der Waals surface area (Å²) in [6.45, 7) is 0. The number of hydrogen-bond acceptors (Lipinski definition) is 3. The Morgan fingerprint density at radius 2 is 1.43 bits per heavy atom. The first-order valence-corrected chi connectivity index (χ1v) is 10.00. The molecule has 2 rings (SSSR count). The Kier molecular flexibility index (Phi) is 7.59. The minimum Gasteiger partial charge on any atom is -0.741 e. The average molecular weight is 499 g/mol. The molecule has 0 N–H and O–H groups in total. The van der Waals surface area contributed by atoms with E-state index in [1.165, 1.54) is 7.14 Å². The van der Waals surface area contributed by atoms with Gasteiger partial charge in [0.25, 0.3) is 0 Å². The zero-order chi connectivity index (χ0) is 17.7. The molecule has 3 nitrogen and oxygen atoms in total. The summed E-state index contributed by atoms with van der Waals surface area (Å²) in [7, 11) is -6.09. The predicted molar refractivity (Wildman–Crippen MR) is 76.1 cm³/mol. The molecule has 0 aliphatic carbocycles. The number of alkyl halides is 3. The fourth-order valence-corrected chi connectivity index (χ4v) is 3.84. The first-order chi connectivity index (χ1) is 10.5. The highest BCUT2D eigenvalue weighted by Gasteiger charge is 2.36. The summed E-state index contributed by atoms with van der Waals surface area (Å²) in [6.07, 6.45) is 0. The van der Waals surface area contributed by atoms with E-state index in [0.29, 0.717) is 0 Å². The molecule has 0 atom stereocenters. The number of halogens is 6. The van der Waals surface area contributed by atoms with Crippen LogP contribution in [-0.2, 0) is 10.1 Å². The molecule has 0 aromatic heterocycles. The summed E-state index contributed by atoms with van der Waals surface area (Å²) >= 11 is 11.7. The molecular formula is C13H8Cl2F3IO3S. The highest BCUT2D eigenvalue weighted by atomic mass is 127. The monoisotopic (exact) mass is 498 g/mol. The third kappa shape index (κ3) is 7.25. The lowest BCUT2D eigenvalue weighted by Gasteiger charge is -2.08. The van der Waals surface area contributed by atoms with Crippen molar-refractivity contribution in [2.45, 2.75) is 5.51 Å². The molecule has 126 valence electrons. The maximum absolute atomic E-state index is 10.7. The van der Waals surface area contributed by atoms with Crippen molar-refractivity contribution >= 4 is 33.3 Å². The van der Waals surface area contributed by atoms with Crippen molar-refractivity contribution < 1.29 is 47.3 Å². The van der Waals surface area contributed by atoms with Gasteiger partial charge in [-0.1, -0.05) is 35.3 Å². The summed E-state index contributed by atoms with van der Waals surface area (Å²) < 4.78 is 61.5. The lowest BCUT2D eigenvalue weighted by atomic mass is 10.4. The summed E-state index contributed by atoms with van der Waals surface area (Å²) in [5.74, 6) is 0. The molecule has 10 heteroatoms. The van der Waals surface area contributed by atoms with Gasteiger partial charge in [0.15, 0.2) is 13.7 Å². The van der Waals surface area contributed by atoms with Crippen molar-refractivity contribution in [1.82, 2.24) is 0 Å². The van der Waals surface area contributed by atoms with Gasteiger partial charge in [0.05, 0.1) is 5.02 Å². The minimum absolute atomic E-state index is 0.196. The van der Waals surface area contributed by atoms with E-state index in [0.717, 1.165) is 10.0 Å². The molecule has 0 unspecified atom stereocenters. The molecule has 0 heterocycles. The van der Waals surface area contributed by atoms with Crippen LogP contribution in [0, 0.1) is 7.14 Å². The normalized spacial score (nSPS) is 11.6. The van der Waals surface area contributed by atoms with Crippen LogP contribution in [0.5, 0.6) is 0 Å². The molecule has 2 aromatic rings. The fourth-order valence-electron chi connectivity index (χ4n) is 1.13. The van der Waals surface area contributed by atoms with Crippen LogP contribution in [0.25, 0.3) is 0 Å². The van der Waals surface area contributed by atoms with Crippen LogP contribution >= 0.6 is 23.2 Å². The molecule has 0 saturated heterocycles. The van der Waals surface area contributed by atoms with E-state index >= 15 is 0 Å². The highest BCUT2D eigenvalue weighted by molar-refractivity contribution is 7.86. The largest absolute Gasteiger partial charge is 0.741 e. The van der Waals surface area contributed by atoms with Gasteiger partial charge in [0, 0.05) is 5.02 Å². The molecule has 0 saturated carbocycles. The van der Waals surface area contributed by atoms with Crippen molar-refractivity contribution in [2.24, 2.45) is 0 Å². The average Bonchev–Trinajstić information content (AvgIpc) is 2.42. The smallest absolute Gasteiger partial charge is 0.485 e. The van der Waals surface area contributed by atoms with Crippen LogP contribution in [-0.4, -0.2) is 18.5 Å². The molecule has 23 heavy (non-hydrogen) atoms. The van der Waals surface area contributed by atoms with Crippen molar-refractivity contribution in [2.75, 3.05) is 0 Å². The molecule has 0 bridgehead atoms. The van der Waals surface area contributed by atoms with Crippen molar-refractivity contribution in [1.29, 1.82) is 0 Å². The molecule has 2 aromatic carbocycles. The molecule has 0 radical (unpaired) electrons. The van der Waals surface area contributed by atoms with Gasteiger partial charge in [-0.2, -0.15) is 13.2 Å². The summed E-state index contributed by atoms with van der Waals surface area (Å²) in [5.41, 5.74) is -5.65. The van der Waals surface area contributed by atoms with Gasteiger partial charge in [0.2, 0.25) is 3.57 Å². The highest BCUT2D eigenvalue weighted by Crippen LogP contribution is 2.20. The lowest BCUT2D eigenvalue weighted by Crippen LogP contribution is -3.61. The first kappa shape index (κ1) is 20.5. The Labute approximate surface area is 151 Å². The van der Waals surface area contributed by atoms with Gasteiger partial charge in [-0.3, -0.25) is 0 Å². The number of rotatable bonds is 2. The van der Waals surface area contributed by atoms with Gasteiger partial charge in [-0.15, -0.1) is 0 Å². The molecule has 0 fully saturated rings. The topological polar surface area (TPSA) is 57.2 Å². The maximum atomic E-state index is 10.7. The van der Waals surface area contributed by atoms with Gasteiger partial charge in [0.1, 0.15) is 0 Å². The Morgan fingerprint density at radius 3 is 1.87 bits per heavy atom. The third-order valence-electron chi connectivity index (χ3n) is 2.12. The zero-order valence-electron chi connectivity index (χ0n) is 11.0. The second-order valence-corrected chi connectivity index (χ2v) is 9.01. The Morgan fingerprint density at radius 1 is 0.957 bits per heavy atom. The van der Waals surface area contributed by atoms with E-state index in [-0.39, 0.29) is 21.2 Å². The van der Waals surface area contributed by atoms with Gasteiger partial charge >= 0.3 is 26.7 Å². The van der Waals surface area contributed by atoms with E-state index in [4.69, 9.17) is 36.2 Å². The van der Waals surface area contributed by atoms with Crippen molar-refractivity contribution in [3.8, 4) is 0 Å². The standard InChI is InChI=1S/C12H8Cl2I.CHF3O3S/c13-9-5-7-10(8-6-9)15-12-4-2-1-3-11(12)14;2-1(3,4)8(5,6)7/h1-8H;(H,5,6,7)/q+1;/p-1. The van der Waals surface area contributed by atoms with E-state index in [9.17, 15) is 13.2 Å². The molecule has 0 spiro atoms. The maximum Gasteiger partial charge on any atom is 0.485 e. The van der Waals surface area contributed by atoms with Crippen LogP contribution in [0.2, 0.25) is 10.0 Å². The summed E-state index contributed by atoms with van der Waals surface area (Å²) in [4.78, 5) is 0. The zero-order valence-corrected chi connectivity index (χ0v) is 15.5. The lowest BCUT2D eigenvalue weighted by molar-refractivity contribution is -0.597. The fraction of sp³-hybridized carbons (Fsp3) is 0.0769. The number of hydrogen-bond donors (Lipinski definition) is 0. The Hall–Kier alpha value is -0.550. The predicted octanol–water partition coefficient (Wildman–Crippen LogP) is 1.17. The molecule has 0 aliphatic heterocycles. The van der Waals surface area contributed by atoms with Crippen molar-refractivity contribution in [3.63, 3.8) is 0 Å². The molecule has 0 aliphatic rings. The Balaban J connectivity index is 0.000000284. The van der Waals surface area contributed by atoms with Gasteiger partial charge in [-0.25, -0.2) is 8.42 Å². The second-order valence-electron chi connectivity index (χ2n) is 3.84. The van der Waals surface area contributed by atoms with Crippen LogP contribution in [0.4, 0.5) is 13.2 Å². The van der Waals surface area contributed by atoms with Crippen molar-refractivity contribution in [3.05, 3.63) is 65.7 Å². The minimum atomic E-state index is -6.09. The SMILES string of the molecule is Clc1ccc([I+]c2ccccc2Cl)cc1.O=S(=O)([O-])C(F)(F)F. The quantitative estimate of drug-likeness (QED) is 0.355. The third-order valence-corrected chi connectivity index (χ3v) is 6.45. The first-order valence-electron chi connectivity index (χ1n) is 5.68. The molecular weight excluding hydrogens is 491 g/mol. The van der Waals surface area contributed by atoms with Gasteiger partial charge in [-0.05, 0) is 36.4 Å². The Bertz CT molecular complexity index is 750. The van der Waals surface area contributed by atoms with E-state index in [1.54, 1.807) is 0 Å². The van der Waals surface area contributed by atoms with Crippen LogP contribution in [0.3, 0.4) is 0 Å². The van der Waals surface area contributed by atoms with E-state index in [1.807, 2.05) is 30.3 Å². The second kappa shape index (κ2) is 8.52. The van der Waals surface area contributed by atoms with Crippen LogP contribution < -0.4 is 21.2 Å². The molecule has 0 amide bonds. The summed E-state index contributed by atoms with van der Waals surface area (Å²) in [6, 6.07) is 16.0. The van der Waals surface area contributed by atoms with E-state index in [2.05, 4.69) is 18.2 Å². The van der Waals surface area contributed by atoms with Crippen LogP contribution in [0.1, 0.15) is 0 Å².